The van der Waals surface area contributed by atoms with Gasteiger partial charge in [-0.1, -0.05) is 0 Å². The summed E-state index contributed by atoms with van der Waals surface area (Å²) in [5, 5.41) is 5.83. The lowest BCUT2D eigenvalue weighted by Gasteiger charge is -2.04. The van der Waals surface area contributed by atoms with Gasteiger partial charge in [-0.2, -0.15) is 0 Å². The SMILES string of the molecule is CCOC(=O)Nc1ccc2sccc2c1. The summed E-state index contributed by atoms with van der Waals surface area (Å²) in [5.74, 6) is 0. The van der Waals surface area contributed by atoms with E-state index in [4.69, 9.17) is 4.74 Å². The first kappa shape index (κ1) is 9.98. The van der Waals surface area contributed by atoms with Crippen molar-refractivity contribution in [1.29, 1.82) is 0 Å². The molecular weight excluding hydrogens is 210 g/mol. The minimum absolute atomic E-state index is 0.381. The van der Waals surface area contributed by atoms with Crippen LogP contribution in [0.15, 0.2) is 29.6 Å². The van der Waals surface area contributed by atoms with E-state index in [1.807, 2.05) is 29.6 Å². The monoisotopic (exact) mass is 221 g/mol. The van der Waals surface area contributed by atoms with E-state index >= 15 is 0 Å². The van der Waals surface area contributed by atoms with E-state index in [1.165, 1.54) is 4.70 Å². The van der Waals surface area contributed by atoms with E-state index in [2.05, 4.69) is 5.32 Å². The maximum Gasteiger partial charge on any atom is 0.411 e. The molecule has 1 amide bonds. The van der Waals surface area contributed by atoms with Crippen molar-refractivity contribution >= 4 is 33.2 Å². The maximum absolute atomic E-state index is 11.2. The van der Waals surface area contributed by atoms with Crippen molar-refractivity contribution in [2.45, 2.75) is 6.92 Å². The second-order valence-corrected chi connectivity index (χ2v) is 3.97. The van der Waals surface area contributed by atoms with Crippen molar-refractivity contribution < 1.29 is 9.53 Å². The Bertz CT molecular complexity index is 478. The summed E-state index contributed by atoms with van der Waals surface area (Å²) in [6.07, 6.45) is -0.410. The van der Waals surface area contributed by atoms with Gasteiger partial charge in [0, 0.05) is 10.4 Å². The summed E-state index contributed by atoms with van der Waals surface area (Å²) in [5.41, 5.74) is 0.763. The van der Waals surface area contributed by atoms with E-state index in [1.54, 1.807) is 18.3 Å². The molecule has 1 heterocycles. The Kier molecular flexibility index (Phi) is 2.87. The highest BCUT2D eigenvalue weighted by Crippen LogP contribution is 2.23. The molecule has 2 rings (SSSR count). The summed E-state index contributed by atoms with van der Waals surface area (Å²) in [6.45, 7) is 2.16. The molecule has 78 valence electrons. The average molecular weight is 221 g/mol. The maximum atomic E-state index is 11.2. The molecule has 0 saturated heterocycles. The van der Waals surface area contributed by atoms with E-state index in [9.17, 15) is 4.79 Å². The van der Waals surface area contributed by atoms with Gasteiger partial charge in [-0.25, -0.2) is 4.79 Å². The van der Waals surface area contributed by atoms with Gasteiger partial charge in [0.2, 0.25) is 0 Å². The van der Waals surface area contributed by atoms with Crippen LogP contribution >= 0.6 is 11.3 Å². The molecule has 0 aliphatic carbocycles. The fraction of sp³-hybridized carbons (Fsp3) is 0.182. The molecule has 3 nitrogen and oxygen atoms in total. The Hall–Kier alpha value is -1.55. The van der Waals surface area contributed by atoms with Crippen LogP contribution in [-0.4, -0.2) is 12.7 Å². The Labute approximate surface area is 91.7 Å². The first-order valence-corrected chi connectivity index (χ1v) is 5.58. The molecule has 1 N–H and O–H groups in total. The fourth-order valence-corrected chi connectivity index (χ4v) is 2.10. The number of fused-ring (bicyclic) bond motifs is 1. The topological polar surface area (TPSA) is 38.3 Å². The van der Waals surface area contributed by atoms with Crippen molar-refractivity contribution in [3.8, 4) is 0 Å². The van der Waals surface area contributed by atoms with Gasteiger partial charge >= 0.3 is 6.09 Å². The summed E-state index contributed by atoms with van der Waals surface area (Å²) >= 11 is 1.68. The number of carbonyl (C=O) groups is 1. The average Bonchev–Trinajstić information content (AvgIpc) is 2.65. The van der Waals surface area contributed by atoms with Gasteiger partial charge < -0.3 is 4.74 Å². The van der Waals surface area contributed by atoms with Gasteiger partial charge in [-0.05, 0) is 42.0 Å². The van der Waals surface area contributed by atoms with Gasteiger partial charge in [0.1, 0.15) is 0 Å². The lowest BCUT2D eigenvalue weighted by atomic mass is 10.2. The summed E-state index contributed by atoms with van der Waals surface area (Å²) < 4.78 is 6.00. The molecule has 4 heteroatoms. The predicted octanol–water partition coefficient (Wildman–Crippen LogP) is 3.47. The zero-order valence-electron chi connectivity index (χ0n) is 8.32. The normalized spacial score (nSPS) is 10.2. The third-order valence-electron chi connectivity index (χ3n) is 1.97. The lowest BCUT2D eigenvalue weighted by Crippen LogP contribution is -2.12. The van der Waals surface area contributed by atoms with E-state index in [-0.39, 0.29) is 0 Å². The van der Waals surface area contributed by atoms with Crippen molar-refractivity contribution in [2.24, 2.45) is 0 Å². The zero-order chi connectivity index (χ0) is 10.7. The number of nitrogens with one attached hydrogen (secondary N) is 1. The molecule has 0 fully saturated rings. The number of rotatable bonds is 2. The number of anilines is 1. The lowest BCUT2D eigenvalue weighted by molar-refractivity contribution is 0.168. The number of benzene rings is 1. The van der Waals surface area contributed by atoms with E-state index in [0.29, 0.717) is 6.61 Å². The molecule has 0 bridgehead atoms. The predicted molar refractivity (Wildman–Crippen MR) is 62.5 cm³/mol. The quantitative estimate of drug-likeness (QED) is 0.843. The molecule has 0 saturated carbocycles. The second-order valence-electron chi connectivity index (χ2n) is 3.02. The molecule has 0 unspecified atom stereocenters. The molecule has 0 spiro atoms. The molecule has 15 heavy (non-hydrogen) atoms. The fourth-order valence-electron chi connectivity index (χ4n) is 1.33. The summed E-state index contributed by atoms with van der Waals surface area (Å²) in [7, 11) is 0. The molecular formula is C11H11NO2S. The highest BCUT2D eigenvalue weighted by atomic mass is 32.1. The van der Waals surface area contributed by atoms with Gasteiger partial charge in [0.25, 0.3) is 0 Å². The highest BCUT2D eigenvalue weighted by Gasteiger charge is 2.02. The van der Waals surface area contributed by atoms with Crippen LogP contribution in [-0.2, 0) is 4.74 Å². The van der Waals surface area contributed by atoms with Crippen LogP contribution in [0.2, 0.25) is 0 Å². The molecule has 2 aromatic rings. The van der Waals surface area contributed by atoms with Crippen LogP contribution < -0.4 is 5.32 Å². The third-order valence-corrected chi connectivity index (χ3v) is 2.87. The first-order chi connectivity index (χ1) is 7.29. The zero-order valence-corrected chi connectivity index (χ0v) is 9.14. The van der Waals surface area contributed by atoms with Gasteiger partial charge in [-0.3, -0.25) is 5.32 Å². The smallest absolute Gasteiger partial charge is 0.411 e. The van der Waals surface area contributed by atoms with Crippen LogP contribution in [0.25, 0.3) is 10.1 Å². The minimum atomic E-state index is -0.410. The van der Waals surface area contributed by atoms with Crippen LogP contribution in [0.5, 0.6) is 0 Å². The van der Waals surface area contributed by atoms with Crippen LogP contribution in [0.3, 0.4) is 0 Å². The minimum Gasteiger partial charge on any atom is -0.450 e. The number of ether oxygens (including phenoxy) is 1. The van der Waals surface area contributed by atoms with Crippen molar-refractivity contribution in [3.05, 3.63) is 29.6 Å². The van der Waals surface area contributed by atoms with Crippen LogP contribution in [0.4, 0.5) is 10.5 Å². The molecule has 0 radical (unpaired) electrons. The van der Waals surface area contributed by atoms with Crippen molar-refractivity contribution in [1.82, 2.24) is 0 Å². The third kappa shape index (κ3) is 2.27. The molecule has 0 atom stereocenters. The number of hydrogen-bond donors (Lipinski definition) is 1. The highest BCUT2D eigenvalue weighted by molar-refractivity contribution is 7.17. The number of amides is 1. The van der Waals surface area contributed by atoms with E-state index < -0.39 is 6.09 Å². The van der Waals surface area contributed by atoms with Gasteiger partial charge in [-0.15, -0.1) is 11.3 Å². The van der Waals surface area contributed by atoms with Crippen LogP contribution in [0, 0.1) is 0 Å². The number of thiophene rings is 1. The number of carbonyl (C=O) groups excluding carboxylic acids is 1. The summed E-state index contributed by atoms with van der Waals surface area (Å²) in [4.78, 5) is 11.2. The number of hydrogen-bond acceptors (Lipinski definition) is 3. The molecule has 1 aromatic heterocycles. The Morgan fingerprint density at radius 1 is 1.47 bits per heavy atom. The Balaban J connectivity index is 2.17. The standard InChI is InChI=1S/C11H11NO2S/c1-2-14-11(13)12-9-3-4-10-8(7-9)5-6-15-10/h3-7H,2H2,1H3,(H,12,13). The summed E-state index contributed by atoms with van der Waals surface area (Å²) in [6, 6.07) is 7.82. The Morgan fingerprint density at radius 3 is 3.13 bits per heavy atom. The molecule has 1 aromatic carbocycles. The van der Waals surface area contributed by atoms with Gasteiger partial charge in [0.05, 0.1) is 6.61 Å². The first-order valence-electron chi connectivity index (χ1n) is 4.70. The molecule has 0 aliphatic heterocycles. The largest absolute Gasteiger partial charge is 0.450 e. The van der Waals surface area contributed by atoms with Crippen molar-refractivity contribution in [3.63, 3.8) is 0 Å². The van der Waals surface area contributed by atoms with Gasteiger partial charge in [0.15, 0.2) is 0 Å². The van der Waals surface area contributed by atoms with Crippen LogP contribution in [0.1, 0.15) is 6.92 Å². The van der Waals surface area contributed by atoms with Crippen molar-refractivity contribution in [2.75, 3.05) is 11.9 Å². The molecule has 0 aliphatic rings. The van der Waals surface area contributed by atoms with E-state index in [0.717, 1.165) is 11.1 Å². The Morgan fingerprint density at radius 2 is 2.33 bits per heavy atom. The second kappa shape index (κ2) is 4.31.